The number of halogens is 2. The van der Waals surface area contributed by atoms with E-state index >= 15 is 0 Å². The highest BCUT2D eigenvalue weighted by molar-refractivity contribution is 6.30. The van der Waals surface area contributed by atoms with Crippen LogP contribution in [0.4, 0.5) is 5.69 Å². The SMILES string of the molecule is CC1CN(C(=O)CCOc2ccc(Cl)cc2[N+](=O)[O-])CCN1.Cl. The lowest BCUT2D eigenvalue weighted by Gasteiger charge is -2.31. The second-order valence-electron chi connectivity index (χ2n) is 5.16. The van der Waals surface area contributed by atoms with E-state index in [0.717, 1.165) is 6.54 Å². The second-order valence-corrected chi connectivity index (χ2v) is 5.60. The van der Waals surface area contributed by atoms with E-state index < -0.39 is 4.92 Å². The second kappa shape index (κ2) is 8.90. The number of nitrogens with zero attached hydrogens (tertiary/aromatic N) is 2. The monoisotopic (exact) mass is 363 g/mol. The van der Waals surface area contributed by atoms with Crippen molar-refractivity contribution in [2.24, 2.45) is 0 Å². The van der Waals surface area contributed by atoms with E-state index in [1.165, 1.54) is 18.2 Å². The van der Waals surface area contributed by atoms with Crippen LogP contribution < -0.4 is 10.1 Å². The molecule has 2 rings (SSSR count). The van der Waals surface area contributed by atoms with Gasteiger partial charge < -0.3 is 15.0 Å². The molecule has 7 nitrogen and oxygen atoms in total. The van der Waals surface area contributed by atoms with Crippen LogP contribution in [0.1, 0.15) is 13.3 Å². The van der Waals surface area contributed by atoms with Crippen LogP contribution in [0.25, 0.3) is 0 Å². The fourth-order valence-electron chi connectivity index (χ4n) is 2.32. The molecule has 1 saturated heterocycles. The van der Waals surface area contributed by atoms with Crippen molar-refractivity contribution in [3.63, 3.8) is 0 Å². The third-order valence-corrected chi connectivity index (χ3v) is 3.65. The zero-order valence-corrected chi connectivity index (χ0v) is 14.2. The third-order valence-electron chi connectivity index (χ3n) is 3.41. The lowest BCUT2D eigenvalue weighted by Crippen LogP contribution is -2.51. The molecule has 0 aliphatic carbocycles. The number of carbonyl (C=O) groups excluding carboxylic acids is 1. The van der Waals surface area contributed by atoms with Crippen LogP contribution in [-0.4, -0.2) is 48.0 Å². The van der Waals surface area contributed by atoms with Crippen LogP contribution in [0, 0.1) is 10.1 Å². The average Bonchev–Trinajstić information content (AvgIpc) is 2.48. The first-order valence-electron chi connectivity index (χ1n) is 7.05. The Balaban J connectivity index is 0.00000264. The first-order valence-corrected chi connectivity index (χ1v) is 7.43. The molecule has 1 amide bonds. The van der Waals surface area contributed by atoms with Gasteiger partial charge in [0.05, 0.1) is 18.0 Å². The molecule has 9 heteroatoms. The smallest absolute Gasteiger partial charge is 0.312 e. The van der Waals surface area contributed by atoms with Crippen molar-refractivity contribution in [2.45, 2.75) is 19.4 Å². The number of nitrogens with one attached hydrogen (secondary N) is 1. The molecule has 1 aromatic rings. The molecule has 0 saturated carbocycles. The number of hydrogen-bond acceptors (Lipinski definition) is 5. The van der Waals surface area contributed by atoms with Crippen LogP contribution in [-0.2, 0) is 4.79 Å². The topological polar surface area (TPSA) is 84.7 Å². The molecule has 128 valence electrons. The Hall–Kier alpha value is -1.57. The van der Waals surface area contributed by atoms with Gasteiger partial charge in [-0.1, -0.05) is 11.6 Å². The van der Waals surface area contributed by atoms with Gasteiger partial charge in [-0.2, -0.15) is 0 Å². The Morgan fingerprint density at radius 3 is 2.96 bits per heavy atom. The van der Waals surface area contributed by atoms with Crippen molar-refractivity contribution < 1.29 is 14.5 Å². The van der Waals surface area contributed by atoms with E-state index in [2.05, 4.69) is 5.32 Å². The van der Waals surface area contributed by atoms with E-state index in [9.17, 15) is 14.9 Å². The number of amides is 1. The summed E-state index contributed by atoms with van der Waals surface area (Å²) in [4.78, 5) is 24.2. The zero-order valence-electron chi connectivity index (χ0n) is 12.7. The van der Waals surface area contributed by atoms with Crippen molar-refractivity contribution in [1.29, 1.82) is 0 Å². The summed E-state index contributed by atoms with van der Waals surface area (Å²) < 4.78 is 5.38. The molecule has 23 heavy (non-hydrogen) atoms. The first-order chi connectivity index (χ1) is 10.5. The van der Waals surface area contributed by atoms with Gasteiger partial charge >= 0.3 is 5.69 Å². The summed E-state index contributed by atoms with van der Waals surface area (Å²) in [5.41, 5.74) is -0.198. The summed E-state index contributed by atoms with van der Waals surface area (Å²) in [6, 6.07) is 4.47. The van der Waals surface area contributed by atoms with Crippen molar-refractivity contribution in [1.82, 2.24) is 10.2 Å². The quantitative estimate of drug-likeness (QED) is 0.640. The molecule has 1 heterocycles. The largest absolute Gasteiger partial charge is 0.486 e. The number of hydrogen-bond donors (Lipinski definition) is 1. The Morgan fingerprint density at radius 2 is 2.30 bits per heavy atom. The maximum Gasteiger partial charge on any atom is 0.312 e. The van der Waals surface area contributed by atoms with Gasteiger partial charge in [0, 0.05) is 36.8 Å². The number of piperazine rings is 1. The summed E-state index contributed by atoms with van der Waals surface area (Å²) in [6.45, 7) is 4.23. The van der Waals surface area contributed by atoms with E-state index in [0.29, 0.717) is 13.1 Å². The van der Waals surface area contributed by atoms with Gasteiger partial charge in [-0.3, -0.25) is 14.9 Å². The molecular weight excluding hydrogens is 345 g/mol. The van der Waals surface area contributed by atoms with Gasteiger partial charge in [-0.05, 0) is 19.1 Å². The summed E-state index contributed by atoms with van der Waals surface area (Å²) in [6.07, 6.45) is 0.187. The Kier molecular flexibility index (Phi) is 7.54. The highest BCUT2D eigenvalue weighted by atomic mass is 35.5. The molecule has 0 aromatic heterocycles. The summed E-state index contributed by atoms with van der Waals surface area (Å²) in [5, 5.41) is 14.5. The minimum absolute atomic E-state index is 0. The fourth-order valence-corrected chi connectivity index (χ4v) is 2.49. The molecule has 0 bridgehead atoms. The van der Waals surface area contributed by atoms with Gasteiger partial charge in [0.1, 0.15) is 0 Å². The van der Waals surface area contributed by atoms with Crippen molar-refractivity contribution >= 4 is 35.6 Å². The fraction of sp³-hybridized carbons (Fsp3) is 0.500. The van der Waals surface area contributed by atoms with E-state index in [1.807, 2.05) is 6.92 Å². The van der Waals surface area contributed by atoms with Gasteiger partial charge in [0.15, 0.2) is 5.75 Å². The predicted molar refractivity (Wildman–Crippen MR) is 89.5 cm³/mol. The van der Waals surface area contributed by atoms with Crippen molar-refractivity contribution in [3.05, 3.63) is 33.3 Å². The normalized spacial score (nSPS) is 17.3. The Labute approximate surface area is 145 Å². The zero-order chi connectivity index (χ0) is 16.1. The minimum Gasteiger partial charge on any atom is -0.486 e. The van der Waals surface area contributed by atoms with Crippen LogP contribution >= 0.6 is 24.0 Å². The van der Waals surface area contributed by atoms with Gasteiger partial charge in [-0.25, -0.2) is 0 Å². The molecule has 1 aromatic carbocycles. The Morgan fingerprint density at radius 1 is 1.57 bits per heavy atom. The number of benzene rings is 1. The van der Waals surface area contributed by atoms with Crippen molar-refractivity contribution in [2.75, 3.05) is 26.2 Å². The molecule has 0 radical (unpaired) electrons. The molecule has 1 aliphatic heterocycles. The van der Waals surface area contributed by atoms with Crippen molar-refractivity contribution in [3.8, 4) is 5.75 Å². The Bertz CT molecular complexity index is 571. The van der Waals surface area contributed by atoms with E-state index in [1.54, 1.807) is 4.90 Å². The molecule has 1 aliphatic rings. The lowest BCUT2D eigenvalue weighted by molar-refractivity contribution is -0.385. The third kappa shape index (κ3) is 5.53. The minimum atomic E-state index is -0.555. The molecule has 0 spiro atoms. The standard InChI is InChI=1S/C14H18ClN3O4.ClH/c1-10-9-17(6-5-16-10)14(19)4-7-22-13-3-2-11(15)8-12(13)18(20)21;/h2-3,8,10,16H,4-7,9H2,1H3;1H. The number of nitro benzene ring substituents is 1. The summed E-state index contributed by atoms with van der Waals surface area (Å²) >= 11 is 5.73. The average molecular weight is 364 g/mol. The number of rotatable bonds is 5. The van der Waals surface area contributed by atoms with Gasteiger partial charge in [0.2, 0.25) is 5.91 Å². The van der Waals surface area contributed by atoms with Gasteiger partial charge in [-0.15, -0.1) is 12.4 Å². The highest BCUT2D eigenvalue weighted by Crippen LogP contribution is 2.29. The maximum absolute atomic E-state index is 12.1. The first kappa shape index (κ1) is 19.5. The number of ether oxygens (including phenoxy) is 1. The summed E-state index contributed by atoms with van der Waals surface area (Å²) in [7, 11) is 0. The molecule has 1 N–H and O–H groups in total. The molecule has 1 fully saturated rings. The molecular formula is C14H19Cl2N3O4. The summed E-state index contributed by atoms with van der Waals surface area (Å²) in [5.74, 6) is 0.112. The van der Waals surface area contributed by atoms with Crippen LogP contribution in [0.2, 0.25) is 5.02 Å². The van der Waals surface area contributed by atoms with E-state index in [-0.39, 0.29) is 53.8 Å². The lowest BCUT2D eigenvalue weighted by atomic mass is 10.2. The molecule has 1 atom stereocenters. The van der Waals surface area contributed by atoms with Crippen LogP contribution in [0.3, 0.4) is 0 Å². The molecule has 1 unspecified atom stereocenters. The van der Waals surface area contributed by atoms with Crippen LogP contribution in [0.15, 0.2) is 18.2 Å². The van der Waals surface area contributed by atoms with Crippen LogP contribution in [0.5, 0.6) is 5.75 Å². The number of nitro groups is 1. The van der Waals surface area contributed by atoms with Gasteiger partial charge in [0.25, 0.3) is 0 Å². The maximum atomic E-state index is 12.1. The number of carbonyl (C=O) groups is 1. The highest BCUT2D eigenvalue weighted by Gasteiger charge is 2.21. The van der Waals surface area contributed by atoms with E-state index in [4.69, 9.17) is 16.3 Å². The predicted octanol–water partition coefficient (Wildman–Crippen LogP) is 2.26.